The SMILES string of the molecule is Cc1cc(Nc2ncn(-c3cc(F)cc(F)c3)n2)cc(NC2CCN(CCN3CCOCC3)C2)c1. The zero-order valence-corrected chi connectivity index (χ0v) is 19.9. The van der Waals surface area contributed by atoms with Crippen molar-refractivity contribution in [2.24, 2.45) is 0 Å². The smallest absolute Gasteiger partial charge is 0.246 e. The molecule has 2 aliphatic rings. The largest absolute Gasteiger partial charge is 0.381 e. The van der Waals surface area contributed by atoms with Gasteiger partial charge in [0.1, 0.15) is 18.0 Å². The molecular formula is C25H31F2N7O. The number of halogens is 2. The molecule has 1 aromatic heterocycles. The number of anilines is 3. The zero-order chi connectivity index (χ0) is 24.2. The minimum atomic E-state index is -0.661. The van der Waals surface area contributed by atoms with Gasteiger partial charge in [0.15, 0.2) is 0 Å². The van der Waals surface area contributed by atoms with Crippen LogP contribution in [0, 0.1) is 18.6 Å². The topological polar surface area (TPSA) is 70.5 Å². The summed E-state index contributed by atoms with van der Waals surface area (Å²) in [6, 6.07) is 9.82. The fraction of sp³-hybridized carbons (Fsp3) is 0.440. The summed E-state index contributed by atoms with van der Waals surface area (Å²) in [4.78, 5) is 9.23. The normalized spacial score (nSPS) is 19.2. The lowest BCUT2D eigenvalue weighted by Gasteiger charge is -2.28. The van der Waals surface area contributed by atoms with Crippen LogP contribution >= 0.6 is 0 Å². The molecule has 5 rings (SSSR count). The van der Waals surface area contributed by atoms with Gasteiger partial charge in [-0.1, -0.05) is 0 Å². The van der Waals surface area contributed by atoms with E-state index in [1.807, 2.05) is 19.1 Å². The molecule has 2 aliphatic heterocycles. The highest BCUT2D eigenvalue weighted by Crippen LogP contribution is 2.24. The Morgan fingerprint density at radius 3 is 2.49 bits per heavy atom. The number of aromatic nitrogens is 3. The Morgan fingerprint density at radius 1 is 0.943 bits per heavy atom. The molecule has 0 radical (unpaired) electrons. The molecule has 2 N–H and O–H groups in total. The molecule has 0 aliphatic carbocycles. The van der Waals surface area contributed by atoms with Crippen molar-refractivity contribution >= 4 is 17.3 Å². The summed E-state index contributed by atoms with van der Waals surface area (Å²) in [6.07, 6.45) is 2.53. The Labute approximate surface area is 203 Å². The van der Waals surface area contributed by atoms with Crippen LogP contribution in [0.2, 0.25) is 0 Å². The summed E-state index contributed by atoms with van der Waals surface area (Å²) in [5.41, 5.74) is 3.26. The van der Waals surface area contributed by atoms with E-state index in [9.17, 15) is 8.78 Å². The predicted molar refractivity (Wildman–Crippen MR) is 131 cm³/mol. The van der Waals surface area contributed by atoms with Crippen LogP contribution in [0.15, 0.2) is 42.7 Å². The number of nitrogens with zero attached hydrogens (tertiary/aromatic N) is 5. The van der Waals surface area contributed by atoms with Gasteiger partial charge in [0, 0.05) is 62.8 Å². The molecule has 0 bridgehead atoms. The fourth-order valence-electron chi connectivity index (χ4n) is 4.68. The first-order valence-corrected chi connectivity index (χ1v) is 12.1. The summed E-state index contributed by atoms with van der Waals surface area (Å²) < 4.78 is 33.9. The van der Waals surface area contributed by atoms with Gasteiger partial charge in [-0.15, -0.1) is 5.10 Å². The van der Waals surface area contributed by atoms with Crippen LogP contribution in [0.4, 0.5) is 26.1 Å². The third kappa shape index (κ3) is 6.33. The van der Waals surface area contributed by atoms with E-state index in [1.54, 1.807) is 0 Å². The summed E-state index contributed by atoms with van der Waals surface area (Å²) in [5.74, 6) is -0.974. The van der Waals surface area contributed by atoms with Gasteiger partial charge in [-0.05, 0) is 49.2 Å². The van der Waals surface area contributed by atoms with Gasteiger partial charge in [0.25, 0.3) is 0 Å². The molecular weight excluding hydrogens is 452 g/mol. The highest BCUT2D eigenvalue weighted by molar-refractivity contribution is 5.63. The summed E-state index contributed by atoms with van der Waals surface area (Å²) in [5, 5.41) is 11.2. The van der Waals surface area contributed by atoms with Gasteiger partial charge in [-0.25, -0.2) is 13.5 Å². The summed E-state index contributed by atoms with van der Waals surface area (Å²) in [7, 11) is 0. The first-order valence-electron chi connectivity index (χ1n) is 12.1. The molecule has 2 aromatic carbocycles. The lowest BCUT2D eigenvalue weighted by atomic mass is 10.1. The van der Waals surface area contributed by atoms with Crippen LogP contribution in [-0.4, -0.2) is 83.1 Å². The molecule has 0 spiro atoms. The number of hydrogen-bond donors (Lipinski definition) is 2. The van der Waals surface area contributed by atoms with Gasteiger partial charge >= 0.3 is 0 Å². The standard InChI is InChI=1S/C25H31F2N7O/c1-18-10-22(29-21-2-3-33(16-21)5-4-32-6-8-35-9-7-32)15-23(11-18)30-25-28-17-34(31-25)24-13-19(26)12-20(27)14-24/h10-15,17,21,29H,2-9,16H2,1H3,(H,30,31). The van der Waals surface area contributed by atoms with Crippen molar-refractivity contribution in [1.29, 1.82) is 0 Å². The second-order valence-electron chi connectivity index (χ2n) is 9.24. The monoisotopic (exact) mass is 483 g/mol. The fourth-order valence-corrected chi connectivity index (χ4v) is 4.68. The van der Waals surface area contributed by atoms with E-state index in [-0.39, 0.29) is 5.69 Å². The summed E-state index contributed by atoms with van der Waals surface area (Å²) in [6.45, 7) is 10.1. The third-order valence-corrected chi connectivity index (χ3v) is 6.42. The van der Waals surface area contributed by atoms with Gasteiger partial charge in [0.05, 0.1) is 18.9 Å². The average molecular weight is 484 g/mol. The Bertz CT molecular complexity index is 1130. The molecule has 35 heavy (non-hydrogen) atoms. The maximum Gasteiger partial charge on any atom is 0.246 e. The number of benzene rings is 2. The first-order chi connectivity index (χ1) is 17.0. The van der Waals surface area contributed by atoms with Gasteiger partial charge < -0.3 is 15.4 Å². The number of nitrogens with one attached hydrogen (secondary N) is 2. The maximum atomic E-state index is 13.5. The molecule has 8 nitrogen and oxygen atoms in total. The van der Waals surface area contributed by atoms with E-state index in [0.717, 1.165) is 81.9 Å². The Morgan fingerprint density at radius 2 is 1.69 bits per heavy atom. The van der Waals surface area contributed by atoms with Crippen molar-refractivity contribution in [3.8, 4) is 5.69 Å². The van der Waals surface area contributed by atoms with Crippen LogP contribution in [-0.2, 0) is 4.74 Å². The molecule has 0 amide bonds. The molecule has 0 saturated carbocycles. The van der Waals surface area contributed by atoms with Crippen LogP contribution in [0.3, 0.4) is 0 Å². The van der Waals surface area contributed by atoms with Crippen molar-refractivity contribution in [1.82, 2.24) is 24.6 Å². The summed E-state index contributed by atoms with van der Waals surface area (Å²) >= 11 is 0. The molecule has 2 fully saturated rings. The van der Waals surface area contributed by atoms with Gasteiger partial charge in [-0.3, -0.25) is 9.80 Å². The Balaban J connectivity index is 1.18. The third-order valence-electron chi connectivity index (χ3n) is 6.42. The number of rotatable bonds is 8. The lowest BCUT2D eigenvalue weighted by molar-refractivity contribution is 0.0344. The number of likely N-dealkylation sites (tertiary alicyclic amines) is 1. The lowest BCUT2D eigenvalue weighted by Crippen LogP contribution is -2.41. The van der Waals surface area contributed by atoms with Crippen molar-refractivity contribution < 1.29 is 13.5 Å². The number of hydrogen-bond acceptors (Lipinski definition) is 7. The van der Waals surface area contributed by atoms with Crippen molar-refractivity contribution in [3.05, 3.63) is 59.9 Å². The van der Waals surface area contributed by atoms with E-state index in [0.29, 0.717) is 12.0 Å². The number of ether oxygens (including phenoxy) is 1. The Hall–Kier alpha value is -3.08. The molecule has 3 aromatic rings. The van der Waals surface area contributed by atoms with Crippen molar-refractivity contribution in [3.63, 3.8) is 0 Å². The quantitative estimate of drug-likeness (QED) is 0.509. The second-order valence-corrected chi connectivity index (χ2v) is 9.24. The molecule has 1 atom stereocenters. The molecule has 10 heteroatoms. The maximum absolute atomic E-state index is 13.5. The minimum Gasteiger partial charge on any atom is -0.381 e. The number of aryl methyl sites for hydroxylation is 1. The molecule has 1 unspecified atom stereocenters. The van der Waals surface area contributed by atoms with E-state index in [4.69, 9.17) is 4.74 Å². The van der Waals surface area contributed by atoms with E-state index in [1.165, 1.54) is 23.1 Å². The van der Waals surface area contributed by atoms with Crippen LogP contribution < -0.4 is 10.6 Å². The van der Waals surface area contributed by atoms with Gasteiger partial charge in [-0.2, -0.15) is 4.98 Å². The Kier molecular flexibility index (Phi) is 7.21. The zero-order valence-electron chi connectivity index (χ0n) is 19.9. The highest BCUT2D eigenvalue weighted by atomic mass is 19.1. The van der Waals surface area contributed by atoms with Crippen LogP contribution in [0.25, 0.3) is 5.69 Å². The first kappa shape index (κ1) is 23.7. The number of morpholine rings is 1. The van der Waals surface area contributed by atoms with Gasteiger partial charge in [0.2, 0.25) is 5.95 Å². The van der Waals surface area contributed by atoms with Crippen molar-refractivity contribution in [2.45, 2.75) is 19.4 Å². The average Bonchev–Trinajstić information content (AvgIpc) is 3.47. The van der Waals surface area contributed by atoms with Crippen LogP contribution in [0.1, 0.15) is 12.0 Å². The van der Waals surface area contributed by atoms with E-state index in [2.05, 4.69) is 36.6 Å². The molecule has 2 saturated heterocycles. The van der Waals surface area contributed by atoms with E-state index >= 15 is 0 Å². The van der Waals surface area contributed by atoms with Crippen LogP contribution in [0.5, 0.6) is 0 Å². The van der Waals surface area contributed by atoms with Crippen molar-refractivity contribution in [2.75, 3.05) is 63.1 Å². The second kappa shape index (κ2) is 10.7. The van der Waals surface area contributed by atoms with E-state index < -0.39 is 11.6 Å². The molecule has 3 heterocycles. The predicted octanol–water partition coefficient (Wildman–Crippen LogP) is 3.42. The molecule has 186 valence electrons. The highest BCUT2D eigenvalue weighted by Gasteiger charge is 2.23. The minimum absolute atomic E-state index is 0.272.